The van der Waals surface area contributed by atoms with Crippen LogP contribution in [0.4, 0.5) is 0 Å². The van der Waals surface area contributed by atoms with Crippen LogP contribution in [0.3, 0.4) is 0 Å². The van der Waals surface area contributed by atoms with Crippen molar-refractivity contribution in [1.29, 1.82) is 0 Å². The predicted molar refractivity (Wildman–Crippen MR) is 49.0 cm³/mol. The molecule has 0 aliphatic carbocycles. The number of aromatic nitrogens is 3. The van der Waals surface area contributed by atoms with Crippen LogP contribution >= 0.6 is 12.2 Å². The van der Waals surface area contributed by atoms with Gasteiger partial charge >= 0.3 is 0 Å². The van der Waals surface area contributed by atoms with Gasteiger partial charge in [-0.25, -0.2) is 9.67 Å². The lowest BCUT2D eigenvalue weighted by molar-refractivity contribution is 0.0781. The first-order chi connectivity index (χ1) is 6.13. The molecule has 1 aromatic heterocycles. The lowest BCUT2D eigenvalue weighted by Crippen LogP contribution is -2.20. The molecular formula is C6H10N4O2S. The number of rotatable bonds is 4. The molecule has 0 aromatic carbocycles. The molecule has 0 fully saturated rings. The monoisotopic (exact) mass is 202 g/mol. The van der Waals surface area contributed by atoms with E-state index in [1.165, 1.54) is 11.0 Å². The Hall–Kier alpha value is -1.05. The first kappa shape index (κ1) is 10.0. The van der Waals surface area contributed by atoms with E-state index in [0.29, 0.717) is 0 Å². The average molecular weight is 202 g/mol. The molecule has 1 heterocycles. The highest BCUT2D eigenvalue weighted by Gasteiger charge is 2.07. The van der Waals surface area contributed by atoms with Gasteiger partial charge in [0.25, 0.3) is 0 Å². The van der Waals surface area contributed by atoms with Gasteiger partial charge in [0.2, 0.25) is 5.82 Å². The van der Waals surface area contributed by atoms with E-state index in [4.69, 9.17) is 15.9 Å². The van der Waals surface area contributed by atoms with E-state index in [1.54, 1.807) is 0 Å². The van der Waals surface area contributed by atoms with Gasteiger partial charge in [0, 0.05) is 0 Å². The summed E-state index contributed by atoms with van der Waals surface area (Å²) in [6.45, 7) is -0.144. The minimum absolute atomic E-state index is 0.109. The highest BCUT2D eigenvalue weighted by Crippen LogP contribution is 1.92. The van der Waals surface area contributed by atoms with Crippen LogP contribution < -0.4 is 5.73 Å². The number of nitrogens with two attached hydrogens (primary N) is 1. The molecule has 72 valence electrons. The summed E-state index contributed by atoms with van der Waals surface area (Å²) in [5.74, 6) is 0.264. The zero-order chi connectivity index (χ0) is 9.84. The number of aliphatic hydroxyl groups excluding tert-OH is 2. The molecule has 1 aromatic rings. The highest BCUT2D eigenvalue weighted by atomic mass is 32.1. The molecule has 0 aliphatic heterocycles. The van der Waals surface area contributed by atoms with Crippen molar-refractivity contribution in [3.8, 4) is 0 Å². The van der Waals surface area contributed by atoms with E-state index in [0.717, 1.165) is 0 Å². The molecule has 0 amide bonds. The lowest BCUT2D eigenvalue weighted by atomic mass is 10.4. The second-order valence-corrected chi connectivity index (χ2v) is 2.93. The molecular weight excluding hydrogens is 192 g/mol. The van der Waals surface area contributed by atoms with Crippen molar-refractivity contribution in [3.05, 3.63) is 12.2 Å². The fraction of sp³-hybridized carbons (Fsp3) is 0.500. The van der Waals surface area contributed by atoms with Crippen LogP contribution in [0.2, 0.25) is 0 Å². The first-order valence-electron chi connectivity index (χ1n) is 3.61. The Morgan fingerprint density at radius 2 is 2.46 bits per heavy atom. The molecule has 0 spiro atoms. The SMILES string of the molecule is NC(=S)c1ncn(CC(O)CO)n1. The Bertz CT molecular complexity index is 301. The fourth-order valence-corrected chi connectivity index (χ4v) is 0.863. The van der Waals surface area contributed by atoms with Gasteiger partial charge in [0.1, 0.15) is 11.3 Å². The van der Waals surface area contributed by atoms with Crippen molar-refractivity contribution in [2.45, 2.75) is 12.6 Å². The van der Waals surface area contributed by atoms with E-state index in [1.807, 2.05) is 0 Å². The van der Waals surface area contributed by atoms with Gasteiger partial charge in [0.05, 0.1) is 19.3 Å². The Labute approximate surface area is 80.0 Å². The number of aliphatic hydroxyl groups is 2. The van der Waals surface area contributed by atoms with Crippen molar-refractivity contribution in [1.82, 2.24) is 14.8 Å². The first-order valence-corrected chi connectivity index (χ1v) is 4.02. The van der Waals surface area contributed by atoms with Gasteiger partial charge in [-0.3, -0.25) is 0 Å². The van der Waals surface area contributed by atoms with Crippen molar-refractivity contribution < 1.29 is 10.2 Å². The summed E-state index contributed by atoms with van der Waals surface area (Å²) in [5, 5.41) is 21.5. The van der Waals surface area contributed by atoms with E-state index < -0.39 is 6.10 Å². The second-order valence-electron chi connectivity index (χ2n) is 2.49. The zero-order valence-electron chi connectivity index (χ0n) is 6.79. The molecule has 0 saturated carbocycles. The zero-order valence-corrected chi connectivity index (χ0v) is 7.61. The molecule has 0 aliphatic rings. The summed E-state index contributed by atoms with van der Waals surface area (Å²) >= 11 is 4.64. The summed E-state index contributed by atoms with van der Waals surface area (Å²) in [7, 11) is 0. The van der Waals surface area contributed by atoms with Crippen molar-refractivity contribution >= 4 is 17.2 Å². The third kappa shape index (κ3) is 2.72. The molecule has 0 bridgehead atoms. The standard InChI is InChI=1S/C6H10N4O2S/c7-5(13)6-8-3-10(9-6)1-4(12)2-11/h3-4,11-12H,1-2H2,(H2,7,13). The maximum absolute atomic E-state index is 9.06. The number of hydrogen-bond acceptors (Lipinski definition) is 5. The number of thiocarbonyl (C=S) groups is 1. The third-order valence-corrected chi connectivity index (χ3v) is 1.55. The average Bonchev–Trinajstić information content (AvgIpc) is 2.52. The van der Waals surface area contributed by atoms with Gasteiger partial charge in [-0.1, -0.05) is 12.2 Å². The molecule has 0 saturated heterocycles. The number of hydrogen-bond donors (Lipinski definition) is 3. The summed E-state index contributed by atoms with van der Waals surface area (Å²) in [6.07, 6.45) is 0.550. The largest absolute Gasteiger partial charge is 0.394 e. The van der Waals surface area contributed by atoms with Crippen LogP contribution in [0.15, 0.2) is 6.33 Å². The number of nitrogens with zero attached hydrogens (tertiary/aromatic N) is 3. The van der Waals surface area contributed by atoms with Crippen LogP contribution in [0.25, 0.3) is 0 Å². The minimum Gasteiger partial charge on any atom is -0.394 e. The van der Waals surface area contributed by atoms with Gasteiger partial charge < -0.3 is 15.9 Å². The minimum atomic E-state index is -0.846. The summed E-state index contributed by atoms with van der Waals surface area (Å²) in [6, 6.07) is 0. The van der Waals surface area contributed by atoms with Crippen molar-refractivity contribution in [2.75, 3.05) is 6.61 Å². The molecule has 7 heteroatoms. The van der Waals surface area contributed by atoms with E-state index >= 15 is 0 Å². The predicted octanol–water partition coefficient (Wildman–Crippen LogP) is -1.73. The molecule has 1 atom stereocenters. The lowest BCUT2D eigenvalue weighted by Gasteiger charge is -2.04. The molecule has 4 N–H and O–H groups in total. The van der Waals surface area contributed by atoms with Crippen LogP contribution in [-0.2, 0) is 6.54 Å². The van der Waals surface area contributed by atoms with E-state index in [2.05, 4.69) is 22.3 Å². The molecule has 13 heavy (non-hydrogen) atoms. The summed E-state index contributed by atoms with van der Waals surface area (Å²) in [5.41, 5.74) is 5.27. The summed E-state index contributed by atoms with van der Waals surface area (Å²) < 4.78 is 1.37. The van der Waals surface area contributed by atoms with Gasteiger partial charge in [-0.05, 0) is 0 Å². The van der Waals surface area contributed by atoms with Crippen LogP contribution in [-0.4, -0.2) is 42.7 Å². The Morgan fingerprint density at radius 3 is 2.92 bits per heavy atom. The normalized spacial score (nSPS) is 12.8. The quantitative estimate of drug-likeness (QED) is 0.502. The Morgan fingerprint density at radius 1 is 1.77 bits per heavy atom. The molecule has 6 nitrogen and oxygen atoms in total. The van der Waals surface area contributed by atoms with Crippen LogP contribution in [0, 0.1) is 0 Å². The topological polar surface area (TPSA) is 97.2 Å². The Balaban J connectivity index is 2.64. The fourth-order valence-electron chi connectivity index (χ4n) is 0.769. The van der Waals surface area contributed by atoms with Crippen LogP contribution in [0.5, 0.6) is 0 Å². The smallest absolute Gasteiger partial charge is 0.208 e. The van der Waals surface area contributed by atoms with Crippen LogP contribution in [0.1, 0.15) is 5.82 Å². The van der Waals surface area contributed by atoms with Gasteiger partial charge in [-0.2, -0.15) is 0 Å². The molecule has 0 radical (unpaired) electrons. The van der Waals surface area contributed by atoms with E-state index in [9.17, 15) is 0 Å². The molecule has 1 unspecified atom stereocenters. The summed E-state index contributed by atoms with van der Waals surface area (Å²) in [4.78, 5) is 3.90. The van der Waals surface area contributed by atoms with E-state index in [-0.39, 0.29) is 24.0 Å². The highest BCUT2D eigenvalue weighted by molar-refractivity contribution is 7.80. The second kappa shape index (κ2) is 4.26. The molecule has 1 rings (SSSR count). The maximum Gasteiger partial charge on any atom is 0.208 e. The van der Waals surface area contributed by atoms with Gasteiger partial charge in [-0.15, -0.1) is 5.10 Å². The Kier molecular flexibility index (Phi) is 3.29. The van der Waals surface area contributed by atoms with Crippen molar-refractivity contribution in [2.24, 2.45) is 5.73 Å². The maximum atomic E-state index is 9.06. The third-order valence-electron chi connectivity index (χ3n) is 1.37. The van der Waals surface area contributed by atoms with Crippen molar-refractivity contribution in [3.63, 3.8) is 0 Å². The van der Waals surface area contributed by atoms with Gasteiger partial charge in [0.15, 0.2) is 0 Å².